The fraction of sp³-hybridized carbons (Fsp3) is 1.00. The number of rotatable bonds is 16. The molecule has 0 amide bonds. The van der Waals surface area contributed by atoms with Gasteiger partial charge in [-0.1, -0.05) is 78.1 Å². The van der Waals surface area contributed by atoms with E-state index in [2.05, 4.69) is 19.2 Å². The molecule has 0 heterocycles. The Hall–Kier alpha value is -0.120. The molecule has 1 N–H and O–H groups in total. The number of hydrogen-bond acceptors (Lipinski definition) is 3. The molecule has 0 aromatic carbocycles. The van der Waals surface area contributed by atoms with E-state index in [1.807, 2.05) is 0 Å². The maximum atomic E-state index is 5.37. The van der Waals surface area contributed by atoms with Gasteiger partial charge in [0, 0.05) is 14.2 Å². The predicted molar refractivity (Wildman–Crippen MR) is 91.7 cm³/mol. The summed E-state index contributed by atoms with van der Waals surface area (Å²) in [5.41, 5.74) is 0. The van der Waals surface area contributed by atoms with Crippen LogP contribution >= 0.6 is 0 Å². The number of ether oxygens (including phenoxy) is 2. The van der Waals surface area contributed by atoms with Crippen LogP contribution in [0.25, 0.3) is 0 Å². The Balaban J connectivity index is 3.49. The van der Waals surface area contributed by atoms with E-state index >= 15 is 0 Å². The summed E-state index contributed by atoms with van der Waals surface area (Å²) in [7, 11) is 3.44. The van der Waals surface area contributed by atoms with Crippen LogP contribution in [0.3, 0.4) is 0 Å². The van der Waals surface area contributed by atoms with Crippen molar-refractivity contribution in [3.63, 3.8) is 0 Å². The zero-order valence-corrected chi connectivity index (χ0v) is 15.0. The average Bonchev–Trinajstić information content (AvgIpc) is 2.50. The first-order chi connectivity index (χ1) is 10.3. The van der Waals surface area contributed by atoms with E-state index in [4.69, 9.17) is 9.47 Å². The molecule has 1 atom stereocenters. The molecule has 128 valence electrons. The van der Waals surface area contributed by atoms with Gasteiger partial charge < -0.3 is 14.8 Å². The smallest absolute Gasteiger partial charge is 0.171 e. The molecule has 0 spiro atoms. The maximum absolute atomic E-state index is 5.37. The minimum Gasteiger partial charge on any atom is -0.354 e. The van der Waals surface area contributed by atoms with Crippen LogP contribution < -0.4 is 5.32 Å². The van der Waals surface area contributed by atoms with Gasteiger partial charge in [0.05, 0.1) is 6.04 Å². The number of unbranched alkanes of at least 4 members (excludes halogenated alkanes) is 9. The van der Waals surface area contributed by atoms with Crippen LogP contribution in [0.1, 0.15) is 84.5 Å². The Labute approximate surface area is 133 Å². The van der Waals surface area contributed by atoms with E-state index in [0.29, 0.717) is 6.04 Å². The highest BCUT2D eigenvalue weighted by atomic mass is 16.7. The summed E-state index contributed by atoms with van der Waals surface area (Å²) in [6, 6.07) is 0.319. The SMILES string of the molecule is CCCCCCCCCCCCC(NCC)C(OC)OC. The lowest BCUT2D eigenvalue weighted by Gasteiger charge is -2.25. The first kappa shape index (κ1) is 20.9. The van der Waals surface area contributed by atoms with Gasteiger partial charge in [0.15, 0.2) is 6.29 Å². The van der Waals surface area contributed by atoms with Crippen LogP contribution in [-0.4, -0.2) is 33.1 Å². The molecule has 0 aliphatic heterocycles. The molecule has 0 saturated carbocycles. The first-order valence-corrected chi connectivity index (χ1v) is 9.09. The Morgan fingerprint density at radius 2 is 1.19 bits per heavy atom. The van der Waals surface area contributed by atoms with E-state index in [1.54, 1.807) is 14.2 Å². The van der Waals surface area contributed by atoms with Gasteiger partial charge in [0.25, 0.3) is 0 Å². The summed E-state index contributed by atoms with van der Waals surface area (Å²) in [5, 5.41) is 3.47. The minimum absolute atomic E-state index is 0.122. The second-order valence-corrected chi connectivity index (χ2v) is 5.97. The zero-order valence-electron chi connectivity index (χ0n) is 15.0. The van der Waals surface area contributed by atoms with Crippen LogP contribution in [0.15, 0.2) is 0 Å². The standard InChI is InChI=1S/C18H39NO2/c1-5-7-8-9-10-11-12-13-14-15-16-17(19-6-2)18(20-3)21-4/h17-19H,5-16H2,1-4H3. The summed E-state index contributed by atoms with van der Waals surface area (Å²) >= 11 is 0. The Kier molecular flexibility index (Phi) is 16.2. The van der Waals surface area contributed by atoms with Crippen molar-refractivity contribution >= 4 is 0 Å². The molecule has 0 aromatic heterocycles. The van der Waals surface area contributed by atoms with Crippen LogP contribution in [0.4, 0.5) is 0 Å². The third-order valence-corrected chi connectivity index (χ3v) is 4.13. The quantitative estimate of drug-likeness (QED) is 0.325. The number of methoxy groups -OCH3 is 2. The van der Waals surface area contributed by atoms with Crippen molar-refractivity contribution < 1.29 is 9.47 Å². The lowest BCUT2D eigenvalue weighted by Crippen LogP contribution is -2.41. The molecule has 21 heavy (non-hydrogen) atoms. The van der Waals surface area contributed by atoms with Crippen molar-refractivity contribution in [1.29, 1.82) is 0 Å². The molecule has 0 fully saturated rings. The molecule has 1 unspecified atom stereocenters. The molecule has 0 saturated heterocycles. The molecule has 0 bridgehead atoms. The average molecular weight is 302 g/mol. The summed E-state index contributed by atoms with van der Waals surface area (Å²) < 4.78 is 10.7. The summed E-state index contributed by atoms with van der Waals surface area (Å²) in [6.45, 7) is 5.37. The van der Waals surface area contributed by atoms with Crippen molar-refractivity contribution in [2.75, 3.05) is 20.8 Å². The molecule has 0 aromatic rings. The molecule has 0 aliphatic rings. The Morgan fingerprint density at radius 3 is 1.62 bits per heavy atom. The number of hydrogen-bond donors (Lipinski definition) is 1. The predicted octanol–water partition coefficient (Wildman–Crippen LogP) is 4.89. The Morgan fingerprint density at radius 1 is 0.714 bits per heavy atom. The molecular formula is C18H39NO2. The van der Waals surface area contributed by atoms with Crippen LogP contribution in [0.5, 0.6) is 0 Å². The van der Waals surface area contributed by atoms with Crippen molar-refractivity contribution in [2.45, 2.75) is 96.8 Å². The van der Waals surface area contributed by atoms with E-state index in [0.717, 1.165) is 13.0 Å². The summed E-state index contributed by atoms with van der Waals surface area (Å²) in [5.74, 6) is 0. The van der Waals surface area contributed by atoms with E-state index in [1.165, 1.54) is 64.2 Å². The number of likely N-dealkylation sites (N-methyl/N-ethyl adjacent to an activating group) is 1. The van der Waals surface area contributed by atoms with E-state index < -0.39 is 0 Å². The second-order valence-electron chi connectivity index (χ2n) is 5.97. The van der Waals surface area contributed by atoms with Crippen molar-refractivity contribution in [3.05, 3.63) is 0 Å². The topological polar surface area (TPSA) is 30.5 Å². The summed E-state index contributed by atoms with van der Waals surface area (Å²) in [6.07, 6.45) is 14.8. The fourth-order valence-corrected chi connectivity index (χ4v) is 2.87. The van der Waals surface area contributed by atoms with Gasteiger partial charge in [-0.2, -0.15) is 0 Å². The Bertz CT molecular complexity index is 196. The van der Waals surface area contributed by atoms with Gasteiger partial charge in [0.2, 0.25) is 0 Å². The lowest BCUT2D eigenvalue weighted by molar-refractivity contribution is -0.124. The highest BCUT2D eigenvalue weighted by Gasteiger charge is 2.18. The molecule has 3 heteroatoms. The van der Waals surface area contributed by atoms with Gasteiger partial charge in [-0.05, 0) is 13.0 Å². The molecule has 3 nitrogen and oxygen atoms in total. The molecule has 0 aliphatic carbocycles. The monoisotopic (exact) mass is 301 g/mol. The minimum atomic E-state index is -0.122. The third-order valence-electron chi connectivity index (χ3n) is 4.13. The zero-order chi connectivity index (χ0) is 15.8. The lowest BCUT2D eigenvalue weighted by atomic mass is 10.0. The highest BCUT2D eigenvalue weighted by molar-refractivity contribution is 4.70. The van der Waals surface area contributed by atoms with Crippen molar-refractivity contribution in [1.82, 2.24) is 5.32 Å². The largest absolute Gasteiger partial charge is 0.354 e. The second kappa shape index (κ2) is 16.3. The maximum Gasteiger partial charge on any atom is 0.171 e. The van der Waals surface area contributed by atoms with Gasteiger partial charge in [-0.15, -0.1) is 0 Å². The van der Waals surface area contributed by atoms with Crippen molar-refractivity contribution in [2.24, 2.45) is 0 Å². The fourth-order valence-electron chi connectivity index (χ4n) is 2.87. The normalized spacial score (nSPS) is 13.0. The number of nitrogens with one attached hydrogen (secondary N) is 1. The van der Waals surface area contributed by atoms with E-state index in [-0.39, 0.29) is 6.29 Å². The third kappa shape index (κ3) is 12.1. The first-order valence-electron chi connectivity index (χ1n) is 9.09. The van der Waals surface area contributed by atoms with Crippen molar-refractivity contribution in [3.8, 4) is 0 Å². The van der Waals surface area contributed by atoms with Crippen LogP contribution in [0.2, 0.25) is 0 Å². The molecule has 0 rings (SSSR count). The molecule has 0 radical (unpaired) electrons. The van der Waals surface area contributed by atoms with Gasteiger partial charge in [0.1, 0.15) is 0 Å². The molecular weight excluding hydrogens is 262 g/mol. The van der Waals surface area contributed by atoms with Gasteiger partial charge >= 0.3 is 0 Å². The van der Waals surface area contributed by atoms with Crippen LogP contribution in [-0.2, 0) is 9.47 Å². The van der Waals surface area contributed by atoms with E-state index in [9.17, 15) is 0 Å². The van der Waals surface area contributed by atoms with Gasteiger partial charge in [-0.25, -0.2) is 0 Å². The van der Waals surface area contributed by atoms with Gasteiger partial charge in [-0.3, -0.25) is 0 Å². The summed E-state index contributed by atoms with van der Waals surface area (Å²) in [4.78, 5) is 0. The highest BCUT2D eigenvalue weighted by Crippen LogP contribution is 2.14. The van der Waals surface area contributed by atoms with Crippen LogP contribution in [0, 0.1) is 0 Å².